The average Bonchev–Trinajstić information content (AvgIpc) is 3.20. The van der Waals surface area contributed by atoms with Crippen LogP contribution in [-0.4, -0.2) is 57.6 Å². The van der Waals surface area contributed by atoms with Crippen molar-refractivity contribution in [3.8, 4) is 5.75 Å². The van der Waals surface area contributed by atoms with E-state index in [1.807, 2.05) is 30.3 Å². The molecule has 3 unspecified atom stereocenters. The van der Waals surface area contributed by atoms with Crippen LogP contribution in [0.2, 0.25) is 5.02 Å². The first-order valence-corrected chi connectivity index (χ1v) is 12.1. The van der Waals surface area contributed by atoms with Crippen molar-refractivity contribution in [1.82, 2.24) is 0 Å². The Morgan fingerprint density at radius 2 is 1.67 bits per heavy atom. The Kier molecular flexibility index (Phi) is 6.42. The monoisotopic (exact) mass is 474 g/mol. The highest BCUT2D eigenvalue weighted by Crippen LogP contribution is 2.57. The van der Waals surface area contributed by atoms with Gasteiger partial charge in [-0.05, 0) is 71.9 Å². The molecule has 3 fully saturated rings. The summed E-state index contributed by atoms with van der Waals surface area (Å²) in [5, 5.41) is 40.6. The Labute approximate surface area is 198 Å². The molecule has 9 atom stereocenters. The fourth-order valence-electron chi connectivity index (χ4n) is 5.60. The fourth-order valence-corrected chi connectivity index (χ4v) is 5.78. The van der Waals surface area contributed by atoms with E-state index in [9.17, 15) is 20.4 Å². The van der Waals surface area contributed by atoms with Crippen molar-refractivity contribution >= 4 is 11.6 Å². The molecule has 7 heteroatoms. The summed E-state index contributed by atoms with van der Waals surface area (Å²) in [7, 11) is 0. The van der Waals surface area contributed by atoms with E-state index in [0.717, 1.165) is 47.5 Å². The van der Waals surface area contributed by atoms with Gasteiger partial charge < -0.3 is 29.9 Å². The lowest BCUT2D eigenvalue weighted by Gasteiger charge is -2.40. The lowest BCUT2D eigenvalue weighted by Crippen LogP contribution is -2.55. The molecule has 1 aliphatic heterocycles. The summed E-state index contributed by atoms with van der Waals surface area (Å²) in [6.07, 6.45) is -2.72. The van der Waals surface area contributed by atoms with Gasteiger partial charge in [0.15, 0.2) is 0 Å². The lowest BCUT2D eigenvalue weighted by atomic mass is 9.90. The van der Waals surface area contributed by atoms with E-state index in [0.29, 0.717) is 23.1 Å². The minimum absolute atomic E-state index is 0.326. The van der Waals surface area contributed by atoms with Crippen LogP contribution >= 0.6 is 11.6 Å². The van der Waals surface area contributed by atoms with Gasteiger partial charge in [0.1, 0.15) is 36.3 Å². The van der Waals surface area contributed by atoms with Gasteiger partial charge in [0.05, 0.1) is 12.7 Å². The van der Waals surface area contributed by atoms with Crippen LogP contribution in [0, 0.1) is 17.8 Å². The van der Waals surface area contributed by atoms with Crippen LogP contribution in [0.1, 0.15) is 42.6 Å². The standard InChI is InChI=1S/C26H31ClO6/c1-13-19-10-18(11-20(13)19)32-17-5-2-14(3-6-17)8-16-9-15(4-7-21(16)27)26-25(31)24(30)23(29)22(12-28)33-26/h2-7,9,13,18-20,22-26,28-31H,8,10-12H2,1H3/t13?,18?,19-,20?,22-,23-,24+,25-,26-/m1/s1. The van der Waals surface area contributed by atoms with E-state index in [4.69, 9.17) is 21.1 Å². The van der Waals surface area contributed by atoms with Crippen LogP contribution in [0.5, 0.6) is 5.75 Å². The second-order valence-electron chi connectivity index (χ2n) is 9.82. The molecule has 1 heterocycles. The number of hydrogen-bond acceptors (Lipinski definition) is 6. The van der Waals surface area contributed by atoms with Crippen molar-refractivity contribution in [2.45, 2.75) is 62.8 Å². The van der Waals surface area contributed by atoms with E-state index in [1.165, 1.54) is 0 Å². The molecule has 0 radical (unpaired) electrons. The summed E-state index contributed by atoms with van der Waals surface area (Å²) in [5.41, 5.74) is 2.54. The zero-order valence-corrected chi connectivity index (χ0v) is 19.3. The van der Waals surface area contributed by atoms with E-state index in [2.05, 4.69) is 6.92 Å². The number of halogens is 1. The minimum atomic E-state index is -1.42. The van der Waals surface area contributed by atoms with Crippen LogP contribution in [-0.2, 0) is 11.2 Å². The molecule has 33 heavy (non-hydrogen) atoms. The highest BCUT2D eigenvalue weighted by atomic mass is 35.5. The van der Waals surface area contributed by atoms with Gasteiger partial charge in [-0.15, -0.1) is 0 Å². The van der Waals surface area contributed by atoms with E-state index in [-0.39, 0.29) is 0 Å². The minimum Gasteiger partial charge on any atom is -0.490 e. The third kappa shape index (κ3) is 4.53. The van der Waals surface area contributed by atoms with Gasteiger partial charge in [0.25, 0.3) is 0 Å². The molecule has 3 aliphatic rings. The molecule has 2 aromatic rings. The molecule has 0 amide bonds. The molecule has 4 N–H and O–H groups in total. The zero-order valence-electron chi connectivity index (χ0n) is 18.5. The van der Waals surface area contributed by atoms with Crippen molar-refractivity contribution in [3.63, 3.8) is 0 Å². The normalized spacial score (nSPS) is 37.6. The summed E-state index contributed by atoms with van der Waals surface area (Å²) in [4.78, 5) is 0. The molecule has 2 saturated carbocycles. The topological polar surface area (TPSA) is 99.4 Å². The molecular formula is C26H31ClO6. The van der Waals surface area contributed by atoms with Crippen LogP contribution < -0.4 is 4.74 Å². The number of aliphatic hydroxyl groups is 4. The Morgan fingerprint density at radius 3 is 2.33 bits per heavy atom. The largest absolute Gasteiger partial charge is 0.490 e. The van der Waals surface area contributed by atoms with Crippen LogP contribution in [0.25, 0.3) is 0 Å². The van der Waals surface area contributed by atoms with Gasteiger partial charge >= 0.3 is 0 Å². The Hall–Kier alpha value is -1.67. The van der Waals surface area contributed by atoms with Gasteiger partial charge in [-0.25, -0.2) is 0 Å². The molecule has 1 saturated heterocycles. The molecule has 6 nitrogen and oxygen atoms in total. The van der Waals surface area contributed by atoms with Gasteiger partial charge in [-0.3, -0.25) is 0 Å². The summed E-state index contributed by atoms with van der Waals surface area (Å²) in [6, 6.07) is 13.4. The number of fused-ring (bicyclic) bond motifs is 1. The fraction of sp³-hybridized carbons (Fsp3) is 0.538. The molecule has 178 valence electrons. The van der Waals surface area contributed by atoms with Crippen molar-refractivity contribution in [1.29, 1.82) is 0 Å². The zero-order chi connectivity index (χ0) is 23.3. The predicted molar refractivity (Wildman–Crippen MR) is 123 cm³/mol. The molecule has 2 aliphatic carbocycles. The maximum atomic E-state index is 10.4. The second-order valence-corrected chi connectivity index (χ2v) is 10.2. The summed E-state index contributed by atoms with van der Waals surface area (Å²) in [6.45, 7) is 1.87. The van der Waals surface area contributed by atoms with Crippen LogP contribution in [0.15, 0.2) is 42.5 Å². The maximum absolute atomic E-state index is 10.4. The smallest absolute Gasteiger partial charge is 0.119 e. The van der Waals surface area contributed by atoms with E-state index < -0.39 is 37.1 Å². The highest BCUT2D eigenvalue weighted by Gasteiger charge is 2.53. The first kappa shape index (κ1) is 23.1. The van der Waals surface area contributed by atoms with Gasteiger partial charge in [0.2, 0.25) is 0 Å². The van der Waals surface area contributed by atoms with Crippen molar-refractivity contribution < 1.29 is 29.9 Å². The lowest BCUT2D eigenvalue weighted by molar-refractivity contribution is -0.231. The number of aliphatic hydroxyl groups excluding tert-OH is 4. The SMILES string of the molecule is CC1C2CC(Oc3ccc(Cc4cc([C@H]5O[C@H](CO)[C@@H](O)[C@H](O)[C@H]5O)ccc4Cl)cc3)C[C@H]12. The Balaban J connectivity index is 1.26. The van der Waals surface area contributed by atoms with Gasteiger partial charge in [-0.2, -0.15) is 0 Å². The maximum Gasteiger partial charge on any atom is 0.119 e. The van der Waals surface area contributed by atoms with Gasteiger partial charge in [0, 0.05) is 5.02 Å². The highest BCUT2D eigenvalue weighted by molar-refractivity contribution is 6.31. The Bertz CT molecular complexity index is 967. The molecule has 5 rings (SSSR count). The third-order valence-corrected chi connectivity index (χ3v) is 8.11. The number of hydrogen-bond donors (Lipinski definition) is 4. The molecule has 0 aromatic heterocycles. The van der Waals surface area contributed by atoms with E-state index in [1.54, 1.807) is 12.1 Å². The van der Waals surface area contributed by atoms with Gasteiger partial charge in [-0.1, -0.05) is 42.8 Å². The van der Waals surface area contributed by atoms with Crippen molar-refractivity contribution in [2.24, 2.45) is 17.8 Å². The first-order valence-electron chi connectivity index (χ1n) is 11.7. The predicted octanol–water partition coefficient (Wildman–Crippen LogP) is 2.87. The van der Waals surface area contributed by atoms with Crippen molar-refractivity contribution in [3.05, 3.63) is 64.2 Å². The first-order chi connectivity index (χ1) is 15.9. The van der Waals surface area contributed by atoms with E-state index >= 15 is 0 Å². The molecular weight excluding hydrogens is 444 g/mol. The second kappa shape index (κ2) is 9.17. The van der Waals surface area contributed by atoms with Crippen LogP contribution in [0.4, 0.5) is 0 Å². The number of rotatable bonds is 6. The third-order valence-electron chi connectivity index (χ3n) is 7.74. The van der Waals surface area contributed by atoms with Crippen molar-refractivity contribution in [2.75, 3.05) is 6.61 Å². The molecule has 0 bridgehead atoms. The number of ether oxygens (including phenoxy) is 2. The summed E-state index contributed by atoms with van der Waals surface area (Å²) >= 11 is 6.45. The average molecular weight is 475 g/mol. The number of benzene rings is 2. The van der Waals surface area contributed by atoms with Crippen LogP contribution in [0.3, 0.4) is 0 Å². The quantitative estimate of drug-likeness (QED) is 0.514. The molecule has 0 spiro atoms. The Morgan fingerprint density at radius 1 is 0.970 bits per heavy atom. The summed E-state index contributed by atoms with van der Waals surface area (Å²) in [5.74, 6) is 3.47. The molecule has 2 aromatic carbocycles. The summed E-state index contributed by atoms with van der Waals surface area (Å²) < 4.78 is 11.9.